The van der Waals surface area contributed by atoms with Crippen molar-refractivity contribution < 1.29 is 9.53 Å². The Morgan fingerprint density at radius 3 is 2.62 bits per heavy atom. The van der Waals surface area contributed by atoms with Gasteiger partial charge in [0.25, 0.3) is 5.56 Å². The van der Waals surface area contributed by atoms with Crippen LogP contribution in [0.3, 0.4) is 0 Å². The Kier molecular flexibility index (Phi) is 4.90. The summed E-state index contributed by atoms with van der Waals surface area (Å²) in [7, 11) is 3.48. The number of nitrogens with zero attached hydrogens (tertiary/aromatic N) is 3. The number of fused-ring (bicyclic) bond motifs is 2. The lowest BCUT2D eigenvalue weighted by Crippen LogP contribution is -2.36. The van der Waals surface area contributed by atoms with Gasteiger partial charge in [-0.15, -0.1) is 11.8 Å². The number of ether oxygens (including phenoxy) is 1. The molecular weight excluding hydrogens is 430 g/mol. The molecular formula is C22H27N5O4S. The van der Waals surface area contributed by atoms with Gasteiger partial charge in [0.15, 0.2) is 0 Å². The second kappa shape index (κ2) is 7.41. The zero-order chi connectivity index (χ0) is 22.8. The highest BCUT2D eigenvalue weighted by Crippen LogP contribution is 2.42. The van der Waals surface area contributed by atoms with Crippen LogP contribution in [0.15, 0.2) is 27.8 Å². The topological polar surface area (TPSA) is 103 Å². The molecule has 32 heavy (non-hydrogen) atoms. The number of rotatable bonds is 2. The number of hydrogen-bond acceptors (Lipinski definition) is 5. The van der Waals surface area contributed by atoms with Crippen molar-refractivity contribution in [3.8, 4) is 0 Å². The van der Waals surface area contributed by atoms with E-state index < -0.39 is 0 Å². The fourth-order valence-electron chi connectivity index (χ4n) is 4.89. The molecule has 0 aliphatic carbocycles. The van der Waals surface area contributed by atoms with Crippen LogP contribution in [0.1, 0.15) is 49.1 Å². The molecule has 0 unspecified atom stereocenters. The summed E-state index contributed by atoms with van der Waals surface area (Å²) in [6.07, 6.45) is 1.49. The van der Waals surface area contributed by atoms with Crippen LogP contribution in [0, 0.1) is 0 Å². The maximum Gasteiger partial charge on any atom is 0.328 e. The van der Waals surface area contributed by atoms with E-state index in [1.165, 1.54) is 11.8 Å². The normalized spacial score (nSPS) is 23.1. The summed E-state index contributed by atoms with van der Waals surface area (Å²) < 4.78 is 10.9. The summed E-state index contributed by atoms with van der Waals surface area (Å²) in [6.45, 7) is 4.67. The molecule has 2 aromatic heterocycles. The molecule has 3 aromatic rings. The van der Waals surface area contributed by atoms with Crippen LogP contribution in [0.2, 0.25) is 0 Å². The molecule has 1 saturated heterocycles. The number of carbonyl (C=O) groups is 1. The van der Waals surface area contributed by atoms with Gasteiger partial charge in [-0.25, -0.2) is 4.79 Å². The lowest BCUT2D eigenvalue weighted by molar-refractivity contribution is -0.113. The van der Waals surface area contributed by atoms with Gasteiger partial charge in [0.1, 0.15) is 5.82 Å². The van der Waals surface area contributed by atoms with Gasteiger partial charge in [-0.05, 0) is 44.4 Å². The summed E-state index contributed by atoms with van der Waals surface area (Å²) in [5.41, 5.74) is 2.44. The van der Waals surface area contributed by atoms with Gasteiger partial charge >= 0.3 is 5.69 Å². The number of hydrogen-bond donors (Lipinski definition) is 2. The number of aryl methyl sites for hydroxylation is 2. The molecule has 2 atom stereocenters. The second-order valence-electron chi connectivity index (χ2n) is 9.22. The molecule has 10 heteroatoms. The van der Waals surface area contributed by atoms with Gasteiger partial charge in [0, 0.05) is 20.7 Å². The van der Waals surface area contributed by atoms with E-state index in [1.54, 1.807) is 23.2 Å². The van der Waals surface area contributed by atoms with Crippen LogP contribution >= 0.6 is 11.8 Å². The molecule has 2 aliphatic rings. The van der Waals surface area contributed by atoms with E-state index in [-0.39, 0.29) is 39.8 Å². The van der Waals surface area contributed by atoms with Gasteiger partial charge in [-0.2, -0.15) is 0 Å². The Bertz CT molecular complexity index is 1340. The van der Waals surface area contributed by atoms with Gasteiger partial charge in [-0.1, -0.05) is 6.07 Å². The molecule has 0 radical (unpaired) electrons. The maximum absolute atomic E-state index is 13.2. The molecule has 2 N–H and O–H groups in total. The molecule has 0 spiro atoms. The van der Waals surface area contributed by atoms with E-state index in [2.05, 4.69) is 10.4 Å². The van der Waals surface area contributed by atoms with E-state index in [0.717, 1.165) is 29.4 Å². The Morgan fingerprint density at radius 2 is 1.88 bits per heavy atom. The predicted octanol–water partition coefficient (Wildman–Crippen LogP) is 2.27. The minimum atomic E-state index is -0.332. The van der Waals surface area contributed by atoms with Crippen molar-refractivity contribution >= 4 is 34.5 Å². The van der Waals surface area contributed by atoms with Crippen molar-refractivity contribution in [3.05, 3.63) is 50.2 Å². The van der Waals surface area contributed by atoms with Crippen molar-refractivity contribution in [3.63, 3.8) is 0 Å². The second-order valence-corrected chi connectivity index (χ2v) is 10.3. The molecule has 4 heterocycles. The molecule has 1 fully saturated rings. The first-order chi connectivity index (χ1) is 15.2. The minimum absolute atomic E-state index is 0.0247. The van der Waals surface area contributed by atoms with Crippen molar-refractivity contribution in [2.75, 3.05) is 17.7 Å². The SMILES string of the molecule is Cn1c(=O)n(C)c2cc([C@H]3SCC(=O)Nc4c3c(=O)[nH]n4[C@@H]3CCOC(C)(C)C3)ccc21. The average Bonchev–Trinajstić information content (AvgIpc) is 3.08. The smallest absolute Gasteiger partial charge is 0.328 e. The molecule has 0 bridgehead atoms. The zero-order valence-corrected chi connectivity index (χ0v) is 19.4. The van der Waals surface area contributed by atoms with Crippen LogP contribution in [-0.2, 0) is 23.6 Å². The highest BCUT2D eigenvalue weighted by molar-refractivity contribution is 8.00. The first kappa shape index (κ1) is 21.1. The van der Waals surface area contributed by atoms with Gasteiger partial charge in [0.2, 0.25) is 5.91 Å². The van der Waals surface area contributed by atoms with E-state index in [4.69, 9.17) is 4.74 Å². The monoisotopic (exact) mass is 457 g/mol. The summed E-state index contributed by atoms with van der Waals surface area (Å²) in [6, 6.07) is 5.81. The fourth-order valence-corrected chi connectivity index (χ4v) is 6.00. The van der Waals surface area contributed by atoms with Crippen LogP contribution in [0.25, 0.3) is 11.0 Å². The Labute approximate surface area is 188 Å². The standard InChI is InChI=1S/C22H27N5O4S/c1-22(2)10-13(7-8-31-22)27-19-17(20(29)24-27)18(32-11-16(28)23-19)12-5-6-14-15(9-12)26(4)21(30)25(14)3/h5-6,9,13,18H,7-8,10-11H2,1-4H3,(H,23,28)(H,24,29)/t13-,18-/m1/s1. The zero-order valence-electron chi connectivity index (χ0n) is 18.6. The lowest BCUT2D eigenvalue weighted by atomic mass is 9.94. The van der Waals surface area contributed by atoms with E-state index >= 15 is 0 Å². The van der Waals surface area contributed by atoms with Crippen LogP contribution in [0.5, 0.6) is 0 Å². The number of thioether (sulfide) groups is 1. The number of imidazole rings is 1. The molecule has 2 aliphatic heterocycles. The Balaban J connectivity index is 1.64. The number of amides is 1. The van der Waals surface area contributed by atoms with Crippen molar-refractivity contribution in [2.45, 2.75) is 43.6 Å². The lowest BCUT2D eigenvalue weighted by Gasteiger charge is -2.36. The number of H-pyrrole nitrogens is 1. The molecule has 5 rings (SSSR count). The van der Waals surface area contributed by atoms with E-state index in [0.29, 0.717) is 18.0 Å². The summed E-state index contributed by atoms with van der Waals surface area (Å²) in [5.74, 6) is 0.648. The minimum Gasteiger partial charge on any atom is -0.375 e. The van der Waals surface area contributed by atoms with Crippen LogP contribution in [-0.4, -0.2) is 42.8 Å². The number of nitrogens with one attached hydrogen (secondary N) is 2. The van der Waals surface area contributed by atoms with Crippen molar-refractivity contribution in [1.82, 2.24) is 18.9 Å². The molecule has 170 valence electrons. The van der Waals surface area contributed by atoms with Crippen molar-refractivity contribution in [2.24, 2.45) is 14.1 Å². The Hall–Kier alpha value is -2.72. The highest BCUT2D eigenvalue weighted by atomic mass is 32.2. The number of aromatic nitrogens is 4. The summed E-state index contributed by atoms with van der Waals surface area (Å²) in [4.78, 5) is 38.1. The van der Waals surface area contributed by atoms with Gasteiger partial charge in [-0.3, -0.25) is 28.5 Å². The largest absolute Gasteiger partial charge is 0.375 e. The molecule has 1 aromatic carbocycles. The number of benzene rings is 1. The number of aromatic amines is 1. The van der Waals surface area contributed by atoms with Crippen LogP contribution in [0.4, 0.5) is 5.82 Å². The maximum atomic E-state index is 13.2. The average molecular weight is 458 g/mol. The first-order valence-corrected chi connectivity index (χ1v) is 11.8. The summed E-state index contributed by atoms with van der Waals surface area (Å²) >= 11 is 1.42. The third kappa shape index (κ3) is 3.32. The summed E-state index contributed by atoms with van der Waals surface area (Å²) in [5, 5.41) is 5.63. The number of anilines is 1. The van der Waals surface area contributed by atoms with E-state index in [1.807, 2.05) is 36.7 Å². The molecule has 0 saturated carbocycles. The van der Waals surface area contributed by atoms with E-state index in [9.17, 15) is 14.4 Å². The fraction of sp³-hybridized carbons (Fsp3) is 0.500. The van der Waals surface area contributed by atoms with Gasteiger partial charge < -0.3 is 10.1 Å². The predicted molar refractivity (Wildman–Crippen MR) is 124 cm³/mol. The molecule has 1 amide bonds. The first-order valence-electron chi connectivity index (χ1n) is 10.7. The number of carbonyl (C=O) groups excluding carboxylic acids is 1. The third-order valence-corrected chi connectivity index (χ3v) is 7.77. The van der Waals surface area contributed by atoms with Crippen molar-refractivity contribution in [1.29, 1.82) is 0 Å². The third-order valence-electron chi connectivity index (χ3n) is 6.50. The van der Waals surface area contributed by atoms with Crippen LogP contribution < -0.4 is 16.6 Å². The quantitative estimate of drug-likeness (QED) is 0.615. The molecule has 9 nitrogen and oxygen atoms in total. The highest BCUT2D eigenvalue weighted by Gasteiger charge is 2.36. The Morgan fingerprint density at radius 1 is 1.12 bits per heavy atom. The van der Waals surface area contributed by atoms with Gasteiger partial charge in [0.05, 0.1) is 39.2 Å².